The predicted octanol–water partition coefficient (Wildman–Crippen LogP) is 2.38. The average molecular weight is 295 g/mol. The van der Waals surface area contributed by atoms with Crippen LogP contribution in [0.25, 0.3) is 0 Å². The summed E-state index contributed by atoms with van der Waals surface area (Å²) >= 11 is 0. The molecule has 0 fully saturated rings. The summed E-state index contributed by atoms with van der Waals surface area (Å²) < 4.78 is 5.19. The third kappa shape index (κ3) is 3.90. The Morgan fingerprint density at radius 3 is 2.82 bits per heavy atom. The minimum atomic E-state index is -0.298. The van der Waals surface area contributed by atoms with E-state index >= 15 is 0 Å². The highest BCUT2D eigenvalue weighted by molar-refractivity contribution is 5.92. The van der Waals surface area contributed by atoms with Gasteiger partial charge in [-0.1, -0.05) is 29.8 Å². The number of pyridine rings is 1. The van der Waals surface area contributed by atoms with Gasteiger partial charge in [0.15, 0.2) is 0 Å². The molecule has 112 valence electrons. The van der Waals surface area contributed by atoms with Crippen LogP contribution >= 0.6 is 0 Å². The molecule has 0 saturated carbocycles. The number of carbonyl (C=O) groups is 1. The SMILES string of the molecule is COCC(NC(=O)c1ccc(C#N)cn1)c1cccc(C)c1. The topological polar surface area (TPSA) is 75.0 Å². The van der Waals surface area contributed by atoms with E-state index in [-0.39, 0.29) is 17.6 Å². The van der Waals surface area contributed by atoms with Gasteiger partial charge in [0.25, 0.3) is 5.91 Å². The fraction of sp³-hybridized carbons (Fsp3) is 0.235. The van der Waals surface area contributed by atoms with Crippen LogP contribution in [-0.2, 0) is 4.74 Å². The van der Waals surface area contributed by atoms with E-state index in [4.69, 9.17) is 10.00 Å². The first-order valence-electron chi connectivity index (χ1n) is 6.86. The molecule has 0 saturated heterocycles. The number of rotatable bonds is 5. The van der Waals surface area contributed by atoms with Gasteiger partial charge in [-0.15, -0.1) is 0 Å². The van der Waals surface area contributed by atoms with Gasteiger partial charge in [0.1, 0.15) is 11.8 Å². The number of aryl methyl sites for hydroxylation is 1. The molecule has 0 aliphatic carbocycles. The third-order valence-corrected chi connectivity index (χ3v) is 3.21. The van der Waals surface area contributed by atoms with Crippen LogP contribution in [0.15, 0.2) is 42.6 Å². The van der Waals surface area contributed by atoms with Crippen LogP contribution < -0.4 is 5.32 Å². The Kier molecular flexibility index (Phi) is 5.23. The summed E-state index contributed by atoms with van der Waals surface area (Å²) in [6, 6.07) is 12.7. The molecule has 22 heavy (non-hydrogen) atoms. The number of hydrogen-bond acceptors (Lipinski definition) is 4. The van der Waals surface area contributed by atoms with Crippen molar-refractivity contribution in [3.63, 3.8) is 0 Å². The van der Waals surface area contributed by atoms with E-state index in [1.165, 1.54) is 12.3 Å². The summed E-state index contributed by atoms with van der Waals surface area (Å²) in [5, 5.41) is 11.7. The number of nitriles is 1. The minimum absolute atomic E-state index is 0.255. The van der Waals surface area contributed by atoms with Gasteiger partial charge in [-0.25, -0.2) is 4.98 Å². The van der Waals surface area contributed by atoms with Crippen molar-refractivity contribution in [3.05, 3.63) is 65.0 Å². The maximum atomic E-state index is 12.3. The molecule has 1 atom stereocenters. The Bertz CT molecular complexity index is 690. The number of hydrogen-bond donors (Lipinski definition) is 1. The second-order valence-electron chi connectivity index (χ2n) is 4.94. The summed E-state index contributed by atoms with van der Waals surface area (Å²) in [7, 11) is 1.59. The van der Waals surface area contributed by atoms with Crippen molar-refractivity contribution in [2.45, 2.75) is 13.0 Å². The van der Waals surface area contributed by atoms with E-state index in [0.29, 0.717) is 12.2 Å². The summed E-state index contributed by atoms with van der Waals surface area (Å²) in [6.07, 6.45) is 1.38. The van der Waals surface area contributed by atoms with Crippen LogP contribution in [-0.4, -0.2) is 24.6 Å². The van der Waals surface area contributed by atoms with Crippen molar-refractivity contribution in [2.75, 3.05) is 13.7 Å². The molecule has 5 nitrogen and oxygen atoms in total. The van der Waals surface area contributed by atoms with Crippen molar-refractivity contribution in [3.8, 4) is 6.07 Å². The van der Waals surface area contributed by atoms with Gasteiger partial charge >= 0.3 is 0 Å². The molecule has 1 unspecified atom stereocenters. The molecule has 1 aromatic carbocycles. The number of benzene rings is 1. The van der Waals surface area contributed by atoms with Gasteiger partial charge < -0.3 is 10.1 Å². The molecule has 1 heterocycles. The summed E-state index contributed by atoms with van der Waals surface area (Å²) in [6.45, 7) is 2.36. The lowest BCUT2D eigenvalue weighted by molar-refractivity contribution is 0.0891. The zero-order chi connectivity index (χ0) is 15.9. The highest BCUT2D eigenvalue weighted by Crippen LogP contribution is 2.15. The lowest BCUT2D eigenvalue weighted by atomic mass is 10.0. The second kappa shape index (κ2) is 7.34. The van der Waals surface area contributed by atoms with Crippen LogP contribution in [0.5, 0.6) is 0 Å². The Morgan fingerprint density at radius 1 is 1.41 bits per heavy atom. The van der Waals surface area contributed by atoms with Crippen molar-refractivity contribution in [2.24, 2.45) is 0 Å². The van der Waals surface area contributed by atoms with Crippen molar-refractivity contribution >= 4 is 5.91 Å². The largest absolute Gasteiger partial charge is 0.382 e. The van der Waals surface area contributed by atoms with E-state index < -0.39 is 0 Å². The lowest BCUT2D eigenvalue weighted by Gasteiger charge is -2.18. The van der Waals surface area contributed by atoms with Gasteiger partial charge in [-0.2, -0.15) is 5.26 Å². The molecule has 2 rings (SSSR count). The van der Waals surface area contributed by atoms with Gasteiger partial charge in [-0.05, 0) is 24.6 Å². The number of aromatic nitrogens is 1. The van der Waals surface area contributed by atoms with Crippen molar-refractivity contribution < 1.29 is 9.53 Å². The molecule has 0 aliphatic heterocycles. The van der Waals surface area contributed by atoms with Crippen LogP contribution in [0, 0.1) is 18.3 Å². The number of carbonyl (C=O) groups excluding carboxylic acids is 1. The molecule has 5 heteroatoms. The van der Waals surface area contributed by atoms with Crippen LogP contribution in [0.1, 0.15) is 33.2 Å². The maximum Gasteiger partial charge on any atom is 0.270 e. The summed E-state index contributed by atoms with van der Waals surface area (Å²) in [4.78, 5) is 16.3. The van der Waals surface area contributed by atoms with Gasteiger partial charge in [0.2, 0.25) is 0 Å². The number of ether oxygens (including phenoxy) is 1. The Hall–Kier alpha value is -2.71. The van der Waals surface area contributed by atoms with E-state index in [9.17, 15) is 4.79 Å². The third-order valence-electron chi connectivity index (χ3n) is 3.21. The molecule has 0 aliphatic rings. The van der Waals surface area contributed by atoms with Gasteiger partial charge in [-0.3, -0.25) is 4.79 Å². The van der Waals surface area contributed by atoms with E-state index in [1.807, 2.05) is 37.3 Å². The molecule has 1 N–H and O–H groups in total. The van der Waals surface area contributed by atoms with Gasteiger partial charge in [0.05, 0.1) is 18.2 Å². The highest BCUT2D eigenvalue weighted by atomic mass is 16.5. The Labute approximate surface area is 129 Å². The number of amides is 1. The molecular formula is C17H17N3O2. The average Bonchev–Trinajstić information content (AvgIpc) is 2.54. The zero-order valence-corrected chi connectivity index (χ0v) is 12.5. The predicted molar refractivity (Wildman–Crippen MR) is 82.2 cm³/mol. The molecule has 0 bridgehead atoms. The number of nitrogens with zero attached hydrogens (tertiary/aromatic N) is 2. The minimum Gasteiger partial charge on any atom is -0.382 e. The Balaban J connectivity index is 2.16. The van der Waals surface area contributed by atoms with Crippen molar-refractivity contribution in [1.29, 1.82) is 5.26 Å². The maximum absolute atomic E-state index is 12.3. The quantitative estimate of drug-likeness (QED) is 0.919. The molecule has 0 spiro atoms. The van der Waals surface area contributed by atoms with Gasteiger partial charge in [0, 0.05) is 13.3 Å². The monoisotopic (exact) mass is 295 g/mol. The zero-order valence-electron chi connectivity index (χ0n) is 12.5. The van der Waals surface area contributed by atoms with E-state index in [0.717, 1.165) is 11.1 Å². The number of methoxy groups -OCH3 is 1. The molecular weight excluding hydrogens is 278 g/mol. The van der Waals surface area contributed by atoms with Crippen LogP contribution in [0.2, 0.25) is 0 Å². The molecule has 1 aromatic heterocycles. The summed E-state index contributed by atoms with van der Waals surface area (Å²) in [5.41, 5.74) is 2.78. The van der Waals surface area contributed by atoms with Crippen LogP contribution in [0.3, 0.4) is 0 Å². The number of nitrogens with one attached hydrogen (secondary N) is 1. The molecule has 1 amide bonds. The fourth-order valence-corrected chi connectivity index (χ4v) is 2.10. The molecule has 0 radical (unpaired) electrons. The van der Waals surface area contributed by atoms with Crippen molar-refractivity contribution in [1.82, 2.24) is 10.3 Å². The fourth-order valence-electron chi connectivity index (χ4n) is 2.10. The standard InChI is InChI=1S/C17H17N3O2/c1-12-4-3-5-14(8-12)16(11-22-2)20-17(21)15-7-6-13(9-18)10-19-15/h3-8,10,16H,11H2,1-2H3,(H,20,21). The lowest BCUT2D eigenvalue weighted by Crippen LogP contribution is -2.31. The summed E-state index contributed by atoms with van der Waals surface area (Å²) in [5.74, 6) is -0.298. The van der Waals surface area contributed by atoms with Crippen LogP contribution in [0.4, 0.5) is 0 Å². The highest BCUT2D eigenvalue weighted by Gasteiger charge is 2.16. The first-order valence-corrected chi connectivity index (χ1v) is 6.86. The first kappa shape index (κ1) is 15.7. The second-order valence-corrected chi connectivity index (χ2v) is 4.94. The molecule has 2 aromatic rings. The normalized spacial score (nSPS) is 11.5. The van der Waals surface area contributed by atoms with E-state index in [2.05, 4.69) is 10.3 Å². The van der Waals surface area contributed by atoms with E-state index in [1.54, 1.807) is 13.2 Å². The smallest absolute Gasteiger partial charge is 0.270 e. The first-order chi connectivity index (χ1) is 10.6. The Morgan fingerprint density at radius 2 is 2.23 bits per heavy atom.